The standard InChI is InChI=1S/C18H11Cl2F3N2O2/c1-10-3-2-4-12(7-10)25-16(9-15(24-25)18(21,22)23)27-17(26)11-5-6-13(19)14(20)8-11/h2-9H,1H3. The number of halogens is 5. The second kappa shape index (κ2) is 7.25. The maximum absolute atomic E-state index is 13.1. The van der Waals surface area contributed by atoms with Crippen molar-refractivity contribution in [3.05, 3.63) is 75.4 Å². The number of aryl methyl sites for hydroxylation is 1. The minimum Gasteiger partial charge on any atom is -0.404 e. The topological polar surface area (TPSA) is 44.1 Å². The summed E-state index contributed by atoms with van der Waals surface area (Å²) in [5.41, 5.74) is -0.0170. The van der Waals surface area contributed by atoms with Gasteiger partial charge >= 0.3 is 12.1 Å². The Morgan fingerprint density at radius 1 is 1.07 bits per heavy atom. The Hall–Kier alpha value is -2.51. The Labute approximate surface area is 162 Å². The zero-order chi connectivity index (χ0) is 19.8. The van der Waals surface area contributed by atoms with Crippen LogP contribution in [0.2, 0.25) is 10.0 Å². The van der Waals surface area contributed by atoms with E-state index < -0.39 is 17.8 Å². The summed E-state index contributed by atoms with van der Waals surface area (Å²) in [4.78, 5) is 12.3. The first kappa shape index (κ1) is 19.3. The van der Waals surface area contributed by atoms with Crippen molar-refractivity contribution in [3.63, 3.8) is 0 Å². The highest BCUT2D eigenvalue weighted by Crippen LogP contribution is 2.33. The molecule has 0 N–H and O–H groups in total. The Balaban J connectivity index is 2.01. The summed E-state index contributed by atoms with van der Waals surface area (Å²) >= 11 is 11.7. The lowest BCUT2D eigenvalue weighted by atomic mass is 10.2. The van der Waals surface area contributed by atoms with Gasteiger partial charge in [-0.2, -0.15) is 18.3 Å². The third-order valence-electron chi connectivity index (χ3n) is 3.57. The van der Waals surface area contributed by atoms with Gasteiger partial charge in [0.1, 0.15) is 0 Å². The molecule has 1 heterocycles. The van der Waals surface area contributed by atoms with Crippen molar-refractivity contribution < 1.29 is 22.7 Å². The number of carbonyl (C=O) groups excluding carboxylic acids is 1. The maximum Gasteiger partial charge on any atom is 0.435 e. The number of benzene rings is 2. The van der Waals surface area contributed by atoms with E-state index in [1.165, 1.54) is 18.2 Å². The first-order valence-corrected chi connectivity index (χ1v) is 8.32. The van der Waals surface area contributed by atoms with Crippen LogP contribution in [-0.2, 0) is 6.18 Å². The average molecular weight is 415 g/mol. The van der Waals surface area contributed by atoms with Gasteiger partial charge in [-0.3, -0.25) is 0 Å². The minimum atomic E-state index is -4.69. The van der Waals surface area contributed by atoms with Gasteiger partial charge in [0.25, 0.3) is 0 Å². The number of carbonyl (C=O) groups is 1. The van der Waals surface area contributed by atoms with Crippen molar-refractivity contribution in [2.75, 3.05) is 0 Å². The molecule has 0 spiro atoms. The molecule has 0 radical (unpaired) electrons. The van der Waals surface area contributed by atoms with E-state index >= 15 is 0 Å². The average Bonchev–Trinajstić information content (AvgIpc) is 3.01. The molecule has 0 aliphatic carbocycles. The number of alkyl halides is 3. The monoisotopic (exact) mass is 414 g/mol. The van der Waals surface area contributed by atoms with Gasteiger partial charge in [0.2, 0.25) is 5.88 Å². The summed E-state index contributed by atoms with van der Waals surface area (Å²) in [6.07, 6.45) is -4.69. The van der Waals surface area contributed by atoms with Gasteiger partial charge in [-0.25, -0.2) is 9.48 Å². The molecule has 0 bridgehead atoms. The van der Waals surface area contributed by atoms with Crippen LogP contribution in [0.25, 0.3) is 5.69 Å². The molecule has 2 aromatic carbocycles. The van der Waals surface area contributed by atoms with Crippen molar-refractivity contribution in [2.24, 2.45) is 0 Å². The van der Waals surface area contributed by atoms with Crippen LogP contribution < -0.4 is 4.74 Å². The summed E-state index contributed by atoms with van der Waals surface area (Å²) in [5, 5.41) is 3.89. The van der Waals surface area contributed by atoms with Crippen molar-refractivity contribution in [1.29, 1.82) is 0 Å². The van der Waals surface area contributed by atoms with Crippen molar-refractivity contribution in [2.45, 2.75) is 13.1 Å². The van der Waals surface area contributed by atoms with Gasteiger partial charge in [0.05, 0.1) is 21.3 Å². The normalized spacial score (nSPS) is 11.5. The lowest BCUT2D eigenvalue weighted by Crippen LogP contribution is -2.12. The van der Waals surface area contributed by atoms with Crippen molar-refractivity contribution in [1.82, 2.24) is 9.78 Å². The van der Waals surface area contributed by atoms with Crippen LogP contribution in [0.3, 0.4) is 0 Å². The summed E-state index contributed by atoms with van der Waals surface area (Å²) < 4.78 is 45.3. The number of hydrogen-bond donors (Lipinski definition) is 0. The van der Waals surface area contributed by atoms with E-state index in [0.29, 0.717) is 11.8 Å². The van der Waals surface area contributed by atoms with E-state index in [2.05, 4.69) is 5.10 Å². The van der Waals surface area contributed by atoms with Crippen molar-refractivity contribution in [3.8, 4) is 11.6 Å². The molecular formula is C18H11Cl2F3N2O2. The van der Waals surface area contributed by atoms with Gasteiger partial charge in [0.15, 0.2) is 5.69 Å². The van der Waals surface area contributed by atoms with E-state index in [4.69, 9.17) is 27.9 Å². The number of aromatic nitrogens is 2. The third-order valence-corrected chi connectivity index (χ3v) is 4.30. The smallest absolute Gasteiger partial charge is 0.404 e. The number of hydrogen-bond acceptors (Lipinski definition) is 3. The van der Waals surface area contributed by atoms with Crippen LogP contribution in [0, 0.1) is 6.92 Å². The van der Waals surface area contributed by atoms with Crippen LogP contribution in [0.4, 0.5) is 13.2 Å². The molecule has 0 aliphatic rings. The summed E-state index contributed by atoms with van der Waals surface area (Å²) in [5.74, 6) is -1.26. The van der Waals surface area contributed by atoms with E-state index in [0.717, 1.165) is 10.2 Å². The second-order valence-electron chi connectivity index (χ2n) is 5.63. The first-order valence-electron chi connectivity index (χ1n) is 7.56. The minimum absolute atomic E-state index is 0.0370. The van der Waals surface area contributed by atoms with Crippen LogP contribution in [0.1, 0.15) is 21.6 Å². The molecule has 0 fully saturated rings. The fraction of sp³-hybridized carbons (Fsp3) is 0.111. The van der Waals surface area contributed by atoms with Gasteiger partial charge in [-0.1, -0.05) is 35.3 Å². The fourth-order valence-electron chi connectivity index (χ4n) is 2.30. The molecule has 9 heteroatoms. The second-order valence-corrected chi connectivity index (χ2v) is 6.45. The molecule has 0 saturated carbocycles. The molecule has 0 aliphatic heterocycles. The van der Waals surface area contributed by atoms with E-state index in [9.17, 15) is 18.0 Å². The molecule has 0 unspecified atom stereocenters. The summed E-state index contributed by atoms with van der Waals surface area (Å²) in [6.45, 7) is 1.78. The number of nitrogens with zero attached hydrogens (tertiary/aromatic N) is 2. The quantitative estimate of drug-likeness (QED) is 0.514. The molecule has 0 amide bonds. The SMILES string of the molecule is Cc1cccc(-n2nc(C(F)(F)F)cc2OC(=O)c2ccc(Cl)c(Cl)c2)c1. The molecule has 4 nitrogen and oxygen atoms in total. The fourth-order valence-corrected chi connectivity index (χ4v) is 2.59. The van der Waals surface area contributed by atoms with Crippen LogP contribution >= 0.6 is 23.2 Å². The maximum atomic E-state index is 13.1. The van der Waals surface area contributed by atoms with Gasteiger partial charge in [0, 0.05) is 6.07 Å². The zero-order valence-corrected chi connectivity index (χ0v) is 15.2. The largest absolute Gasteiger partial charge is 0.435 e. The Kier molecular flexibility index (Phi) is 5.17. The molecule has 1 aromatic heterocycles. The molecule has 27 heavy (non-hydrogen) atoms. The highest BCUT2D eigenvalue weighted by molar-refractivity contribution is 6.42. The highest BCUT2D eigenvalue weighted by Gasteiger charge is 2.36. The van der Waals surface area contributed by atoms with Crippen molar-refractivity contribution >= 4 is 29.2 Å². The van der Waals surface area contributed by atoms with Gasteiger partial charge < -0.3 is 4.74 Å². The van der Waals surface area contributed by atoms with E-state index in [-0.39, 0.29) is 21.5 Å². The van der Waals surface area contributed by atoms with Crippen LogP contribution in [-0.4, -0.2) is 15.7 Å². The number of esters is 1. The molecule has 3 rings (SSSR count). The van der Waals surface area contributed by atoms with E-state index in [1.54, 1.807) is 31.2 Å². The Morgan fingerprint density at radius 3 is 2.44 bits per heavy atom. The molecule has 0 saturated heterocycles. The van der Waals surface area contributed by atoms with Crippen LogP contribution in [0.5, 0.6) is 5.88 Å². The van der Waals surface area contributed by atoms with Crippen LogP contribution in [0.15, 0.2) is 48.5 Å². The Morgan fingerprint density at radius 2 is 1.81 bits per heavy atom. The molecule has 3 aromatic rings. The van der Waals surface area contributed by atoms with E-state index in [1.807, 2.05) is 0 Å². The Bertz CT molecular complexity index is 1020. The number of rotatable bonds is 3. The first-order chi connectivity index (χ1) is 12.6. The van der Waals surface area contributed by atoms with Gasteiger partial charge in [-0.15, -0.1) is 0 Å². The molecule has 0 atom stereocenters. The lowest BCUT2D eigenvalue weighted by Gasteiger charge is -2.09. The molecule has 140 valence electrons. The predicted octanol–water partition coefficient (Wildman–Crippen LogP) is 5.73. The lowest BCUT2D eigenvalue weighted by molar-refractivity contribution is -0.141. The number of ether oxygens (including phenoxy) is 1. The molecular weight excluding hydrogens is 404 g/mol. The summed E-state index contributed by atoms with van der Waals surface area (Å²) in [6, 6.07) is 11.3. The third kappa shape index (κ3) is 4.26. The highest BCUT2D eigenvalue weighted by atomic mass is 35.5. The zero-order valence-electron chi connectivity index (χ0n) is 13.7. The van der Waals surface area contributed by atoms with Gasteiger partial charge in [-0.05, 0) is 42.8 Å². The predicted molar refractivity (Wildman–Crippen MR) is 94.7 cm³/mol. The summed E-state index contributed by atoms with van der Waals surface area (Å²) in [7, 11) is 0.